The number of benzene rings is 4. The van der Waals surface area contributed by atoms with E-state index in [4.69, 9.17) is 9.72 Å². The van der Waals surface area contributed by atoms with Crippen LogP contribution < -0.4 is 4.74 Å². The van der Waals surface area contributed by atoms with Crippen molar-refractivity contribution >= 4 is 11.8 Å². The van der Waals surface area contributed by atoms with Gasteiger partial charge in [-0.2, -0.15) is 8.78 Å². The largest absolute Gasteiger partial charge is 0.435 e. The van der Waals surface area contributed by atoms with Gasteiger partial charge in [0.05, 0.1) is 11.4 Å². The molecule has 222 valence electrons. The molecule has 0 fully saturated rings. The topological polar surface area (TPSA) is 30.3 Å². The maximum Gasteiger partial charge on any atom is 0.387 e. The van der Waals surface area contributed by atoms with Gasteiger partial charge in [0, 0.05) is 42.2 Å². The molecular weight excluding hydrogens is 560 g/mol. The van der Waals surface area contributed by atoms with Gasteiger partial charge in [-0.05, 0) is 48.1 Å². The lowest BCUT2D eigenvalue weighted by molar-refractivity contribution is -0.0499. The Hall–Kier alpha value is -3.94. The molecule has 0 unspecified atom stereocenters. The summed E-state index contributed by atoms with van der Waals surface area (Å²) in [5, 5.41) is 0. The zero-order valence-electron chi connectivity index (χ0n) is 24.6. The van der Waals surface area contributed by atoms with Crippen LogP contribution in [-0.4, -0.2) is 27.3 Å². The summed E-state index contributed by atoms with van der Waals surface area (Å²) in [6, 6.07) is 36.3. The van der Waals surface area contributed by atoms with Crippen LogP contribution in [0, 0.1) is 0 Å². The van der Waals surface area contributed by atoms with Crippen molar-refractivity contribution in [2.45, 2.75) is 57.5 Å². The number of halogens is 2. The van der Waals surface area contributed by atoms with Crippen molar-refractivity contribution < 1.29 is 13.5 Å². The molecule has 43 heavy (non-hydrogen) atoms. The van der Waals surface area contributed by atoms with E-state index in [1.54, 1.807) is 30.0 Å². The number of hydrogen-bond acceptors (Lipinski definition) is 4. The van der Waals surface area contributed by atoms with Gasteiger partial charge in [0.1, 0.15) is 11.6 Å². The van der Waals surface area contributed by atoms with Gasteiger partial charge < -0.3 is 9.30 Å². The first kappa shape index (κ1) is 30.5. The molecule has 4 aromatic carbocycles. The van der Waals surface area contributed by atoms with E-state index in [0.717, 1.165) is 53.3 Å². The van der Waals surface area contributed by atoms with E-state index in [1.165, 1.54) is 10.5 Å². The fourth-order valence-corrected chi connectivity index (χ4v) is 5.69. The molecule has 0 bridgehead atoms. The summed E-state index contributed by atoms with van der Waals surface area (Å²) < 4.78 is 33.1. The number of nitrogens with zero attached hydrogens (tertiary/aromatic N) is 3. The lowest BCUT2D eigenvalue weighted by Gasteiger charge is -2.25. The van der Waals surface area contributed by atoms with Crippen LogP contribution in [0.3, 0.4) is 0 Å². The number of hydrogen-bond donors (Lipinski definition) is 0. The quantitative estimate of drug-likeness (QED) is 0.119. The number of imidazole rings is 1. The second-order valence-corrected chi connectivity index (χ2v) is 11.4. The minimum Gasteiger partial charge on any atom is -0.435 e. The molecule has 5 aromatic rings. The van der Waals surface area contributed by atoms with Crippen molar-refractivity contribution in [2.24, 2.45) is 0 Å². The van der Waals surface area contributed by atoms with Crippen molar-refractivity contribution in [3.63, 3.8) is 0 Å². The summed E-state index contributed by atoms with van der Waals surface area (Å²) in [5.74, 6) is 1.13. The molecule has 1 heterocycles. The van der Waals surface area contributed by atoms with E-state index in [0.29, 0.717) is 19.6 Å². The molecule has 0 saturated carbocycles. The third-order valence-corrected chi connectivity index (χ3v) is 8.10. The van der Waals surface area contributed by atoms with Gasteiger partial charge in [0.25, 0.3) is 0 Å². The number of unbranched alkanes of at least 4 members (excludes halogenated alkanes) is 1. The summed E-state index contributed by atoms with van der Waals surface area (Å²) in [6.07, 6.45) is 4.16. The fraction of sp³-hybridized carbons (Fsp3) is 0.250. The Balaban J connectivity index is 1.59. The summed E-state index contributed by atoms with van der Waals surface area (Å²) in [7, 11) is 0. The molecule has 0 radical (unpaired) electrons. The number of ether oxygens (including phenoxy) is 1. The van der Waals surface area contributed by atoms with E-state index in [-0.39, 0.29) is 5.75 Å². The highest BCUT2D eigenvalue weighted by molar-refractivity contribution is 7.98. The zero-order chi connectivity index (χ0) is 30.0. The van der Waals surface area contributed by atoms with Gasteiger partial charge in [-0.25, -0.2) is 4.98 Å². The minimum atomic E-state index is -2.86. The molecule has 0 amide bonds. The van der Waals surface area contributed by atoms with Gasteiger partial charge in [-0.3, -0.25) is 4.90 Å². The van der Waals surface area contributed by atoms with Crippen molar-refractivity contribution in [1.29, 1.82) is 0 Å². The van der Waals surface area contributed by atoms with Gasteiger partial charge in [-0.15, -0.1) is 11.8 Å². The lowest BCUT2D eigenvalue weighted by atomic mass is 10.1. The Morgan fingerprint density at radius 2 is 1.47 bits per heavy atom. The molecular formula is C36H37F2N3OS. The third-order valence-electron chi connectivity index (χ3n) is 7.36. The molecule has 0 aliphatic heterocycles. The van der Waals surface area contributed by atoms with E-state index in [1.807, 2.05) is 30.3 Å². The molecule has 0 aliphatic carbocycles. The Bertz CT molecular complexity index is 1570. The lowest BCUT2D eigenvalue weighted by Crippen LogP contribution is -2.24. The van der Waals surface area contributed by atoms with Crippen molar-refractivity contribution in [1.82, 2.24) is 14.5 Å². The summed E-state index contributed by atoms with van der Waals surface area (Å²) in [6.45, 7) is 2.05. The van der Waals surface area contributed by atoms with Crippen LogP contribution in [0.15, 0.2) is 114 Å². The van der Waals surface area contributed by atoms with Crippen LogP contribution in [0.4, 0.5) is 8.78 Å². The Labute approximate surface area is 257 Å². The first-order valence-corrected chi connectivity index (χ1v) is 15.9. The average Bonchev–Trinajstić information content (AvgIpc) is 3.38. The number of thioether (sulfide) groups is 1. The van der Waals surface area contributed by atoms with E-state index >= 15 is 0 Å². The average molecular weight is 598 g/mol. The maximum absolute atomic E-state index is 13.0. The van der Waals surface area contributed by atoms with Crippen molar-refractivity contribution in [2.75, 3.05) is 6.26 Å². The molecule has 1 aromatic heterocycles. The minimum absolute atomic E-state index is 0.168. The number of rotatable bonds is 14. The van der Waals surface area contributed by atoms with E-state index in [9.17, 15) is 8.78 Å². The fourth-order valence-electron chi connectivity index (χ4n) is 5.29. The second-order valence-electron chi connectivity index (χ2n) is 10.5. The van der Waals surface area contributed by atoms with Crippen LogP contribution in [0.1, 0.15) is 36.6 Å². The van der Waals surface area contributed by atoms with Crippen LogP contribution in [-0.2, 0) is 26.2 Å². The normalized spacial score (nSPS) is 11.4. The van der Waals surface area contributed by atoms with E-state index < -0.39 is 6.61 Å². The summed E-state index contributed by atoms with van der Waals surface area (Å²) in [4.78, 5) is 8.84. The van der Waals surface area contributed by atoms with Gasteiger partial charge in [0.2, 0.25) is 0 Å². The zero-order valence-corrected chi connectivity index (χ0v) is 25.4. The predicted octanol–water partition coefficient (Wildman–Crippen LogP) is 9.54. The Kier molecular flexibility index (Phi) is 10.6. The Morgan fingerprint density at radius 3 is 2.12 bits per heavy atom. The van der Waals surface area contributed by atoms with Crippen molar-refractivity contribution in [3.8, 4) is 28.4 Å². The summed E-state index contributed by atoms with van der Waals surface area (Å²) >= 11 is 1.72. The first-order valence-electron chi connectivity index (χ1n) is 14.6. The molecule has 0 aliphatic rings. The Morgan fingerprint density at radius 1 is 0.791 bits per heavy atom. The van der Waals surface area contributed by atoms with Crippen LogP contribution in [0.5, 0.6) is 5.75 Å². The molecule has 7 heteroatoms. The first-order chi connectivity index (χ1) is 21.0. The molecule has 4 nitrogen and oxygen atoms in total. The molecule has 0 saturated heterocycles. The third kappa shape index (κ3) is 8.12. The van der Waals surface area contributed by atoms with Gasteiger partial charge >= 0.3 is 6.61 Å². The van der Waals surface area contributed by atoms with Crippen LogP contribution in [0.25, 0.3) is 22.6 Å². The highest BCUT2D eigenvalue weighted by atomic mass is 32.2. The predicted molar refractivity (Wildman–Crippen MR) is 172 cm³/mol. The summed E-state index contributed by atoms with van der Waals surface area (Å²) in [5.41, 5.74) is 6.34. The molecule has 0 spiro atoms. The van der Waals surface area contributed by atoms with Crippen LogP contribution in [0.2, 0.25) is 0 Å². The van der Waals surface area contributed by atoms with Gasteiger partial charge in [0.15, 0.2) is 0 Å². The second kappa shape index (κ2) is 15.0. The monoisotopic (exact) mass is 597 g/mol. The standard InChI is InChI=1S/C36H37F2N3OS/c1-3-4-22-41-33(34(29-13-7-5-8-14-29)39-35(41)30-15-9-6-10-16-30)26-40(24-27-18-20-32(43-2)21-19-27)25-28-12-11-17-31(23-28)42-36(37)38/h5-21,23,36H,3-4,22,24-26H2,1-2H3. The van der Waals surface area contributed by atoms with Crippen LogP contribution >= 0.6 is 11.8 Å². The van der Waals surface area contributed by atoms with E-state index in [2.05, 4.69) is 83.3 Å². The van der Waals surface area contributed by atoms with Crippen molar-refractivity contribution in [3.05, 3.63) is 126 Å². The molecule has 0 N–H and O–H groups in total. The number of aromatic nitrogens is 2. The van der Waals surface area contributed by atoms with Gasteiger partial charge in [-0.1, -0.05) is 98.3 Å². The molecule has 0 atom stereocenters. The highest BCUT2D eigenvalue weighted by Gasteiger charge is 2.22. The molecule has 5 rings (SSSR count). The maximum atomic E-state index is 13.0. The SMILES string of the molecule is CCCCn1c(-c2ccccc2)nc(-c2ccccc2)c1CN(Cc1ccc(SC)cc1)Cc1cccc(OC(F)F)c1. The smallest absolute Gasteiger partial charge is 0.387 e. The number of alkyl halides is 2. The highest BCUT2D eigenvalue weighted by Crippen LogP contribution is 2.32.